The average Bonchev–Trinajstić information content (AvgIpc) is 2.37. The zero-order chi connectivity index (χ0) is 16.0. The molecule has 2 N–H and O–H groups in total. The third-order valence-corrected chi connectivity index (χ3v) is 3.00. The molecule has 0 aromatic heterocycles. The molecule has 0 saturated heterocycles. The first kappa shape index (κ1) is 17.3. The third-order valence-electron chi connectivity index (χ3n) is 3.00. The highest BCUT2D eigenvalue weighted by atomic mass is 16.6. The smallest absolute Gasteiger partial charge is 0.410 e. The molecule has 1 rings (SSSR count). The number of carbonyl (C=O) groups excluding carboxylic acids is 1. The Balaban J connectivity index is 2.35. The molecule has 0 bridgehead atoms. The van der Waals surface area contributed by atoms with Gasteiger partial charge in [0.2, 0.25) is 0 Å². The molecule has 0 heterocycles. The summed E-state index contributed by atoms with van der Waals surface area (Å²) in [6.07, 6.45) is -0.318. The van der Waals surface area contributed by atoms with Gasteiger partial charge in [0, 0.05) is 26.2 Å². The molecule has 0 spiro atoms. The highest BCUT2D eigenvalue weighted by Crippen LogP contribution is 2.16. The number of aromatic hydroxyl groups is 1. The zero-order valence-corrected chi connectivity index (χ0v) is 13.5. The van der Waals surface area contributed by atoms with Gasteiger partial charge in [0.15, 0.2) is 0 Å². The second-order valence-corrected chi connectivity index (χ2v) is 6.17. The molecule has 0 fully saturated rings. The van der Waals surface area contributed by atoms with Crippen LogP contribution in [0.2, 0.25) is 0 Å². The molecule has 5 nitrogen and oxygen atoms in total. The van der Waals surface area contributed by atoms with E-state index in [9.17, 15) is 9.90 Å². The number of nitrogens with one attached hydrogen (secondary N) is 1. The maximum Gasteiger partial charge on any atom is 0.410 e. The van der Waals surface area contributed by atoms with Crippen molar-refractivity contribution < 1.29 is 14.6 Å². The molecule has 5 heteroatoms. The van der Waals surface area contributed by atoms with Gasteiger partial charge in [0.25, 0.3) is 0 Å². The van der Waals surface area contributed by atoms with Crippen molar-refractivity contribution in [2.45, 2.75) is 39.3 Å². The minimum Gasteiger partial charge on any atom is -0.508 e. The Morgan fingerprint density at radius 2 is 1.90 bits per heavy atom. The lowest BCUT2D eigenvalue weighted by Crippen LogP contribution is -2.38. The second-order valence-electron chi connectivity index (χ2n) is 6.17. The van der Waals surface area contributed by atoms with E-state index < -0.39 is 5.60 Å². The van der Waals surface area contributed by atoms with Crippen LogP contribution in [-0.2, 0) is 4.74 Å². The van der Waals surface area contributed by atoms with Crippen molar-refractivity contribution in [3.8, 4) is 5.75 Å². The highest BCUT2D eigenvalue weighted by Gasteiger charge is 2.19. The maximum absolute atomic E-state index is 11.8. The van der Waals surface area contributed by atoms with E-state index in [0.29, 0.717) is 13.1 Å². The standard InChI is InChI=1S/C16H26N2O3/c1-12(13-6-8-14(19)9-7-13)17-10-11-18(5)15(20)21-16(2,3)4/h6-9,12,17,19H,10-11H2,1-5H3. The summed E-state index contributed by atoms with van der Waals surface area (Å²) in [4.78, 5) is 13.3. The van der Waals surface area contributed by atoms with Gasteiger partial charge in [-0.3, -0.25) is 0 Å². The Kier molecular flexibility index (Phi) is 6.03. The molecule has 21 heavy (non-hydrogen) atoms. The number of phenolic OH excluding ortho intramolecular Hbond substituents is 1. The Morgan fingerprint density at radius 1 is 1.33 bits per heavy atom. The van der Waals surface area contributed by atoms with Crippen molar-refractivity contribution in [1.29, 1.82) is 0 Å². The maximum atomic E-state index is 11.8. The topological polar surface area (TPSA) is 61.8 Å². The summed E-state index contributed by atoms with van der Waals surface area (Å²) in [7, 11) is 1.72. The van der Waals surface area contributed by atoms with Gasteiger partial charge in [-0.25, -0.2) is 4.79 Å². The fourth-order valence-electron chi connectivity index (χ4n) is 1.76. The number of hydrogen-bond donors (Lipinski definition) is 2. The molecular formula is C16H26N2O3. The lowest BCUT2D eigenvalue weighted by molar-refractivity contribution is 0.0299. The van der Waals surface area contributed by atoms with Crippen LogP contribution in [-0.4, -0.2) is 41.8 Å². The number of benzene rings is 1. The average molecular weight is 294 g/mol. The van der Waals surface area contributed by atoms with Crippen LogP contribution in [0.4, 0.5) is 4.79 Å². The fourth-order valence-corrected chi connectivity index (χ4v) is 1.76. The van der Waals surface area contributed by atoms with Crippen LogP contribution in [0.15, 0.2) is 24.3 Å². The number of likely N-dealkylation sites (N-methyl/N-ethyl adjacent to an activating group) is 1. The van der Waals surface area contributed by atoms with E-state index in [2.05, 4.69) is 5.32 Å². The molecule has 0 aliphatic rings. The van der Waals surface area contributed by atoms with Crippen molar-refractivity contribution in [2.24, 2.45) is 0 Å². The lowest BCUT2D eigenvalue weighted by atomic mass is 10.1. The van der Waals surface area contributed by atoms with Gasteiger partial charge >= 0.3 is 6.09 Å². The summed E-state index contributed by atoms with van der Waals surface area (Å²) >= 11 is 0. The van der Waals surface area contributed by atoms with E-state index in [0.717, 1.165) is 5.56 Å². The quantitative estimate of drug-likeness (QED) is 0.876. The molecular weight excluding hydrogens is 268 g/mol. The minimum absolute atomic E-state index is 0.151. The predicted octanol–water partition coefficient (Wildman–Crippen LogP) is 2.91. The van der Waals surface area contributed by atoms with Crippen LogP contribution in [0, 0.1) is 0 Å². The normalized spacial score (nSPS) is 12.8. The van der Waals surface area contributed by atoms with Crippen molar-refractivity contribution in [2.75, 3.05) is 20.1 Å². The molecule has 0 radical (unpaired) electrons. The van der Waals surface area contributed by atoms with E-state index in [1.807, 2.05) is 39.8 Å². The van der Waals surface area contributed by atoms with E-state index in [1.165, 1.54) is 0 Å². The summed E-state index contributed by atoms with van der Waals surface area (Å²) in [5, 5.41) is 12.6. The van der Waals surface area contributed by atoms with Crippen LogP contribution >= 0.6 is 0 Å². The first-order valence-corrected chi connectivity index (χ1v) is 7.15. The van der Waals surface area contributed by atoms with Crippen LogP contribution in [0.25, 0.3) is 0 Å². The first-order valence-electron chi connectivity index (χ1n) is 7.15. The molecule has 1 amide bonds. The van der Waals surface area contributed by atoms with Crippen molar-refractivity contribution in [1.82, 2.24) is 10.2 Å². The molecule has 0 aliphatic carbocycles. The largest absolute Gasteiger partial charge is 0.508 e. The minimum atomic E-state index is -0.474. The second kappa shape index (κ2) is 7.31. The van der Waals surface area contributed by atoms with E-state index in [4.69, 9.17) is 4.74 Å². The fraction of sp³-hybridized carbons (Fsp3) is 0.562. The number of ether oxygens (including phenoxy) is 1. The van der Waals surface area contributed by atoms with Gasteiger partial charge in [-0.05, 0) is 45.4 Å². The Labute approximate surface area is 126 Å². The number of nitrogens with zero attached hydrogens (tertiary/aromatic N) is 1. The third kappa shape index (κ3) is 6.49. The van der Waals surface area contributed by atoms with Gasteiger partial charge in [-0.2, -0.15) is 0 Å². The van der Waals surface area contributed by atoms with Crippen LogP contribution in [0.3, 0.4) is 0 Å². The Morgan fingerprint density at radius 3 is 2.43 bits per heavy atom. The van der Waals surface area contributed by atoms with Gasteiger partial charge in [-0.1, -0.05) is 12.1 Å². The van der Waals surface area contributed by atoms with E-state index in [-0.39, 0.29) is 17.9 Å². The summed E-state index contributed by atoms with van der Waals surface area (Å²) in [5.41, 5.74) is 0.616. The number of amides is 1. The van der Waals surface area contributed by atoms with Gasteiger partial charge < -0.3 is 20.1 Å². The molecule has 1 atom stereocenters. The highest BCUT2D eigenvalue weighted by molar-refractivity contribution is 5.67. The monoisotopic (exact) mass is 294 g/mol. The van der Waals surface area contributed by atoms with Crippen LogP contribution < -0.4 is 5.32 Å². The van der Waals surface area contributed by atoms with Crippen LogP contribution in [0.5, 0.6) is 5.75 Å². The van der Waals surface area contributed by atoms with Crippen LogP contribution in [0.1, 0.15) is 39.3 Å². The van der Waals surface area contributed by atoms with Gasteiger partial charge in [0.05, 0.1) is 0 Å². The number of rotatable bonds is 5. The molecule has 118 valence electrons. The molecule has 0 saturated carbocycles. The molecule has 1 aromatic carbocycles. The zero-order valence-electron chi connectivity index (χ0n) is 13.5. The van der Waals surface area contributed by atoms with Gasteiger partial charge in [-0.15, -0.1) is 0 Å². The predicted molar refractivity (Wildman–Crippen MR) is 83.4 cm³/mol. The number of phenols is 1. The summed E-state index contributed by atoms with van der Waals surface area (Å²) in [6.45, 7) is 8.83. The summed E-state index contributed by atoms with van der Waals surface area (Å²) < 4.78 is 5.29. The summed E-state index contributed by atoms with van der Waals surface area (Å²) in [5.74, 6) is 0.260. The van der Waals surface area contributed by atoms with E-state index >= 15 is 0 Å². The van der Waals surface area contributed by atoms with E-state index in [1.54, 1.807) is 24.1 Å². The number of carbonyl (C=O) groups is 1. The first-order chi connectivity index (χ1) is 9.69. The molecule has 1 unspecified atom stereocenters. The Hall–Kier alpha value is -1.75. The Bertz CT molecular complexity index is 452. The molecule has 1 aromatic rings. The summed E-state index contributed by atoms with van der Waals surface area (Å²) in [6, 6.07) is 7.24. The van der Waals surface area contributed by atoms with Crippen molar-refractivity contribution in [3.63, 3.8) is 0 Å². The lowest BCUT2D eigenvalue weighted by Gasteiger charge is -2.25. The van der Waals surface area contributed by atoms with Crippen molar-refractivity contribution in [3.05, 3.63) is 29.8 Å². The SMILES string of the molecule is CC(NCCN(C)C(=O)OC(C)(C)C)c1ccc(O)cc1. The van der Waals surface area contributed by atoms with Gasteiger partial charge in [0.1, 0.15) is 11.4 Å². The number of hydrogen-bond acceptors (Lipinski definition) is 4. The van der Waals surface area contributed by atoms with Crippen molar-refractivity contribution >= 4 is 6.09 Å². The molecule has 0 aliphatic heterocycles.